The van der Waals surface area contributed by atoms with Gasteiger partial charge in [0.2, 0.25) is 0 Å². The van der Waals surface area contributed by atoms with Crippen LogP contribution in [0.2, 0.25) is 0 Å². The summed E-state index contributed by atoms with van der Waals surface area (Å²) >= 11 is 0. The third-order valence-electron chi connectivity index (χ3n) is 2.84. The number of carboxylic acid groups (broad SMARTS) is 1. The number of ether oxygens (including phenoxy) is 2. The highest BCUT2D eigenvalue weighted by molar-refractivity contribution is 5.77. The fourth-order valence-corrected chi connectivity index (χ4v) is 1.94. The Morgan fingerprint density at radius 3 is 2.53 bits per heavy atom. The number of fused-ring (bicyclic) bond motifs is 1. The average Bonchev–Trinajstić information content (AvgIpc) is 2.30. The summed E-state index contributed by atoms with van der Waals surface area (Å²) in [6.07, 6.45) is 0. The summed E-state index contributed by atoms with van der Waals surface area (Å²) in [5, 5.41) is 9.10. The Labute approximate surface area is 99.1 Å². The van der Waals surface area contributed by atoms with Crippen LogP contribution in [0.3, 0.4) is 0 Å². The fourth-order valence-electron chi connectivity index (χ4n) is 1.94. The molecule has 5 heteroatoms. The number of benzene rings is 1. The van der Waals surface area contributed by atoms with E-state index < -0.39 is 11.9 Å². The molecule has 1 aliphatic rings. The molecule has 17 heavy (non-hydrogen) atoms. The first-order valence-corrected chi connectivity index (χ1v) is 5.46. The van der Waals surface area contributed by atoms with E-state index in [2.05, 4.69) is 0 Å². The van der Waals surface area contributed by atoms with E-state index in [-0.39, 0.29) is 6.54 Å². The van der Waals surface area contributed by atoms with Crippen LogP contribution in [0.25, 0.3) is 0 Å². The molecule has 1 atom stereocenters. The van der Waals surface area contributed by atoms with Crippen molar-refractivity contribution in [2.24, 2.45) is 5.73 Å². The van der Waals surface area contributed by atoms with E-state index in [1.807, 2.05) is 6.92 Å². The quantitative estimate of drug-likeness (QED) is 0.816. The molecular weight excluding hydrogens is 222 g/mol. The predicted octanol–water partition coefficient (Wildman–Crippen LogP) is 0.893. The molecule has 3 N–H and O–H groups in total. The maximum absolute atomic E-state index is 11.1. The minimum Gasteiger partial charge on any atom is -0.486 e. The highest BCUT2D eigenvalue weighted by atomic mass is 16.6. The molecule has 0 aromatic heterocycles. The monoisotopic (exact) mass is 237 g/mol. The van der Waals surface area contributed by atoms with Gasteiger partial charge in [0.1, 0.15) is 13.2 Å². The first kappa shape index (κ1) is 11.7. The Bertz CT molecular complexity index is 444. The van der Waals surface area contributed by atoms with Crippen molar-refractivity contribution >= 4 is 5.97 Å². The first-order valence-electron chi connectivity index (χ1n) is 5.46. The number of nitrogens with two attached hydrogens (primary N) is 1. The SMILES string of the molecule is Cc1cc2c(cc1C(CN)C(=O)O)OCCO2. The van der Waals surface area contributed by atoms with Crippen LogP contribution >= 0.6 is 0 Å². The minimum absolute atomic E-state index is 0.0653. The zero-order valence-corrected chi connectivity index (χ0v) is 9.60. The van der Waals surface area contributed by atoms with Crippen molar-refractivity contribution in [3.63, 3.8) is 0 Å². The largest absolute Gasteiger partial charge is 0.486 e. The molecule has 92 valence electrons. The second-order valence-corrected chi connectivity index (χ2v) is 3.98. The summed E-state index contributed by atoms with van der Waals surface area (Å²) in [6, 6.07) is 3.52. The van der Waals surface area contributed by atoms with E-state index in [0.717, 1.165) is 5.56 Å². The van der Waals surface area contributed by atoms with Gasteiger partial charge in [-0.2, -0.15) is 0 Å². The van der Waals surface area contributed by atoms with E-state index >= 15 is 0 Å². The molecule has 0 aliphatic carbocycles. The summed E-state index contributed by atoms with van der Waals surface area (Å²) in [4.78, 5) is 11.1. The number of hydrogen-bond acceptors (Lipinski definition) is 4. The molecule has 1 aromatic rings. The van der Waals surface area contributed by atoms with Crippen molar-refractivity contribution in [2.75, 3.05) is 19.8 Å². The Kier molecular flexibility index (Phi) is 3.19. The molecule has 5 nitrogen and oxygen atoms in total. The van der Waals surface area contributed by atoms with Crippen molar-refractivity contribution in [3.05, 3.63) is 23.3 Å². The minimum atomic E-state index is -0.924. The van der Waals surface area contributed by atoms with E-state index in [4.69, 9.17) is 20.3 Å². The van der Waals surface area contributed by atoms with Gasteiger partial charge in [0.05, 0.1) is 5.92 Å². The maximum atomic E-state index is 11.1. The molecular formula is C12H15NO4. The van der Waals surface area contributed by atoms with Gasteiger partial charge in [-0.25, -0.2) is 0 Å². The van der Waals surface area contributed by atoms with Gasteiger partial charge in [0.25, 0.3) is 0 Å². The van der Waals surface area contributed by atoms with Crippen LogP contribution in [0, 0.1) is 6.92 Å². The molecule has 0 radical (unpaired) electrons. The van der Waals surface area contributed by atoms with Gasteiger partial charge in [-0.05, 0) is 30.2 Å². The highest BCUT2D eigenvalue weighted by Crippen LogP contribution is 2.35. The molecule has 1 unspecified atom stereocenters. The second-order valence-electron chi connectivity index (χ2n) is 3.98. The number of aryl methyl sites for hydroxylation is 1. The van der Waals surface area contributed by atoms with Crippen molar-refractivity contribution in [1.29, 1.82) is 0 Å². The van der Waals surface area contributed by atoms with Crippen LogP contribution in [0.15, 0.2) is 12.1 Å². The zero-order valence-electron chi connectivity index (χ0n) is 9.60. The topological polar surface area (TPSA) is 81.8 Å². The molecule has 1 heterocycles. The van der Waals surface area contributed by atoms with Gasteiger partial charge in [-0.3, -0.25) is 4.79 Å². The van der Waals surface area contributed by atoms with Crippen molar-refractivity contribution < 1.29 is 19.4 Å². The van der Waals surface area contributed by atoms with Gasteiger partial charge in [0, 0.05) is 6.54 Å². The summed E-state index contributed by atoms with van der Waals surface area (Å²) in [5.41, 5.74) is 7.04. The molecule has 0 bridgehead atoms. The lowest BCUT2D eigenvalue weighted by Gasteiger charge is -2.22. The van der Waals surface area contributed by atoms with Crippen molar-refractivity contribution in [2.45, 2.75) is 12.8 Å². The van der Waals surface area contributed by atoms with Gasteiger partial charge < -0.3 is 20.3 Å². The van der Waals surface area contributed by atoms with Crippen LogP contribution in [-0.4, -0.2) is 30.8 Å². The predicted molar refractivity (Wildman–Crippen MR) is 61.6 cm³/mol. The van der Waals surface area contributed by atoms with Gasteiger partial charge in [-0.15, -0.1) is 0 Å². The molecule has 0 saturated heterocycles. The second kappa shape index (κ2) is 4.63. The third kappa shape index (κ3) is 2.19. The molecule has 1 aliphatic heterocycles. The third-order valence-corrected chi connectivity index (χ3v) is 2.84. The van der Waals surface area contributed by atoms with E-state index in [9.17, 15) is 4.79 Å². The van der Waals surface area contributed by atoms with Crippen LogP contribution in [-0.2, 0) is 4.79 Å². The van der Waals surface area contributed by atoms with E-state index in [1.165, 1.54) is 0 Å². The molecule has 1 aromatic carbocycles. The van der Waals surface area contributed by atoms with Crippen molar-refractivity contribution in [3.8, 4) is 11.5 Å². The smallest absolute Gasteiger partial charge is 0.312 e. The lowest BCUT2D eigenvalue weighted by molar-refractivity contribution is -0.138. The summed E-state index contributed by atoms with van der Waals surface area (Å²) < 4.78 is 10.9. The van der Waals surface area contributed by atoms with E-state index in [0.29, 0.717) is 30.3 Å². The molecule has 0 spiro atoms. The number of aliphatic carboxylic acids is 1. The Morgan fingerprint density at radius 1 is 1.41 bits per heavy atom. The zero-order chi connectivity index (χ0) is 12.4. The molecule has 0 fully saturated rings. The fraction of sp³-hybridized carbons (Fsp3) is 0.417. The maximum Gasteiger partial charge on any atom is 0.312 e. The molecule has 0 amide bonds. The van der Waals surface area contributed by atoms with Gasteiger partial charge in [-0.1, -0.05) is 0 Å². The summed E-state index contributed by atoms with van der Waals surface area (Å²) in [6.45, 7) is 2.91. The highest BCUT2D eigenvalue weighted by Gasteiger charge is 2.23. The van der Waals surface area contributed by atoms with Gasteiger partial charge in [0.15, 0.2) is 11.5 Å². The molecule has 2 rings (SSSR count). The van der Waals surface area contributed by atoms with Crippen molar-refractivity contribution in [1.82, 2.24) is 0 Å². The van der Waals surface area contributed by atoms with E-state index in [1.54, 1.807) is 12.1 Å². The lowest BCUT2D eigenvalue weighted by Crippen LogP contribution is -2.23. The average molecular weight is 237 g/mol. The lowest BCUT2D eigenvalue weighted by atomic mass is 9.94. The summed E-state index contributed by atoms with van der Waals surface area (Å²) in [5.74, 6) is -0.367. The Balaban J connectivity index is 2.43. The Morgan fingerprint density at radius 2 is 2.00 bits per heavy atom. The number of hydrogen-bond donors (Lipinski definition) is 2. The van der Waals surface area contributed by atoms with Gasteiger partial charge >= 0.3 is 5.97 Å². The number of carboxylic acids is 1. The van der Waals surface area contributed by atoms with Crippen LogP contribution in [0.4, 0.5) is 0 Å². The number of rotatable bonds is 3. The first-order chi connectivity index (χ1) is 8.13. The molecule has 0 saturated carbocycles. The summed E-state index contributed by atoms with van der Waals surface area (Å²) in [7, 11) is 0. The van der Waals surface area contributed by atoms with Crippen LogP contribution in [0.1, 0.15) is 17.0 Å². The van der Waals surface area contributed by atoms with Crippen LogP contribution < -0.4 is 15.2 Å². The normalized spacial score (nSPS) is 15.4. The Hall–Kier alpha value is -1.75. The number of carbonyl (C=O) groups is 1. The standard InChI is InChI=1S/C12H15NO4/c1-7-4-10-11(17-3-2-16-10)5-8(7)9(6-13)12(14)15/h4-5,9H,2-3,6,13H2,1H3,(H,14,15). The van der Waals surface area contributed by atoms with Crippen LogP contribution in [0.5, 0.6) is 11.5 Å².